The van der Waals surface area contributed by atoms with E-state index in [-0.39, 0.29) is 18.1 Å². The number of alkyl carbamates (subject to hydrolysis) is 1. The molecule has 0 aliphatic carbocycles. The summed E-state index contributed by atoms with van der Waals surface area (Å²) in [6, 6.07) is 3.71. The summed E-state index contributed by atoms with van der Waals surface area (Å²) in [5.41, 5.74) is -0.106. The minimum Gasteiger partial charge on any atom is -0.444 e. The fourth-order valence-electron chi connectivity index (χ4n) is 1.63. The van der Waals surface area contributed by atoms with Crippen LogP contribution in [0.3, 0.4) is 0 Å². The molecule has 0 fully saturated rings. The molecule has 20 heavy (non-hydrogen) atoms. The van der Waals surface area contributed by atoms with E-state index >= 15 is 0 Å². The Balaban J connectivity index is 2.83. The van der Waals surface area contributed by atoms with E-state index in [1.54, 1.807) is 26.8 Å². The molecule has 1 rings (SSSR count). The standard InChI is InChI=1S/C14H19ClFNO3/c1-14(2,3)20-13(19)17-12(6-7-18)9-4-5-10(15)11(16)8-9/h4-5,8,12,18H,6-7H2,1-3H3,(H,17,19)/t12-/m1/s1. The predicted octanol–water partition coefficient (Wildman–Crippen LogP) is 3.43. The first-order valence-corrected chi connectivity index (χ1v) is 6.66. The van der Waals surface area contributed by atoms with E-state index in [2.05, 4.69) is 5.32 Å². The molecule has 1 aromatic carbocycles. The van der Waals surface area contributed by atoms with Crippen LogP contribution in [0.2, 0.25) is 5.02 Å². The number of ether oxygens (including phenoxy) is 1. The van der Waals surface area contributed by atoms with Gasteiger partial charge in [0.2, 0.25) is 0 Å². The van der Waals surface area contributed by atoms with Crippen molar-refractivity contribution in [3.8, 4) is 0 Å². The van der Waals surface area contributed by atoms with Crippen molar-refractivity contribution < 1.29 is 19.0 Å². The summed E-state index contributed by atoms with van der Waals surface area (Å²) in [5.74, 6) is -0.571. The number of nitrogens with one attached hydrogen (secondary N) is 1. The van der Waals surface area contributed by atoms with Crippen LogP contribution in [-0.2, 0) is 4.74 Å². The summed E-state index contributed by atoms with van der Waals surface area (Å²) in [6.45, 7) is 5.09. The maximum Gasteiger partial charge on any atom is 0.408 e. The monoisotopic (exact) mass is 303 g/mol. The molecule has 1 aromatic rings. The lowest BCUT2D eigenvalue weighted by Gasteiger charge is -2.23. The zero-order chi connectivity index (χ0) is 15.3. The van der Waals surface area contributed by atoms with Crippen LogP contribution in [0.5, 0.6) is 0 Å². The number of hydrogen-bond donors (Lipinski definition) is 2. The number of hydrogen-bond acceptors (Lipinski definition) is 3. The van der Waals surface area contributed by atoms with E-state index in [0.29, 0.717) is 5.56 Å². The minimum atomic E-state index is -0.626. The Kier molecular flexibility index (Phi) is 5.77. The Bertz CT molecular complexity index is 474. The number of amides is 1. The molecule has 2 N–H and O–H groups in total. The van der Waals surface area contributed by atoms with Crippen LogP contribution in [0.1, 0.15) is 38.8 Å². The van der Waals surface area contributed by atoms with Gasteiger partial charge < -0.3 is 15.2 Å². The van der Waals surface area contributed by atoms with E-state index in [4.69, 9.17) is 21.4 Å². The molecule has 0 spiro atoms. The lowest BCUT2D eigenvalue weighted by atomic mass is 10.0. The molecular weight excluding hydrogens is 285 g/mol. The average molecular weight is 304 g/mol. The first-order valence-electron chi connectivity index (χ1n) is 6.28. The van der Waals surface area contributed by atoms with Crippen LogP contribution < -0.4 is 5.32 Å². The Morgan fingerprint density at radius 1 is 1.50 bits per heavy atom. The lowest BCUT2D eigenvalue weighted by molar-refractivity contribution is 0.0496. The van der Waals surface area contributed by atoms with Crippen molar-refractivity contribution in [3.63, 3.8) is 0 Å². The van der Waals surface area contributed by atoms with Crippen molar-refractivity contribution in [2.75, 3.05) is 6.61 Å². The van der Waals surface area contributed by atoms with Gasteiger partial charge in [-0.1, -0.05) is 17.7 Å². The van der Waals surface area contributed by atoms with Gasteiger partial charge in [0.25, 0.3) is 0 Å². The average Bonchev–Trinajstić information content (AvgIpc) is 2.30. The number of halogens is 2. The van der Waals surface area contributed by atoms with E-state index in [0.717, 1.165) is 0 Å². The molecule has 112 valence electrons. The Labute approximate surface area is 122 Å². The molecule has 1 amide bonds. The Morgan fingerprint density at radius 3 is 2.65 bits per heavy atom. The van der Waals surface area contributed by atoms with Crippen LogP contribution in [0.25, 0.3) is 0 Å². The largest absolute Gasteiger partial charge is 0.444 e. The third-order valence-electron chi connectivity index (χ3n) is 2.45. The number of benzene rings is 1. The summed E-state index contributed by atoms with van der Waals surface area (Å²) >= 11 is 5.62. The molecule has 0 aliphatic heterocycles. The second kappa shape index (κ2) is 6.90. The number of rotatable bonds is 4. The van der Waals surface area contributed by atoms with Gasteiger partial charge in [-0.3, -0.25) is 0 Å². The molecule has 0 bridgehead atoms. The fraction of sp³-hybridized carbons (Fsp3) is 0.500. The van der Waals surface area contributed by atoms with Gasteiger partial charge in [0.15, 0.2) is 0 Å². The molecule has 1 atom stereocenters. The lowest BCUT2D eigenvalue weighted by Crippen LogP contribution is -2.35. The maximum atomic E-state index is 13.5. The Morgan fingerprint density at radius 2 is 2.15 bits per heavy atom. The van der Waals surface area contributed by atoms with Crippen molar-refractivity contribution in [2.45, 2.75) is 38.8 Å². The summed E-state index contributed by atoms with van der Waals surface area (Å²) in [5, 5.41) is 11.7. The zero-order valence-electron chi connectivity index (χ0n) is 11.7. The molecule has 0 radical (unpaired) electrons. The zero-order valence-corrected chi connectivity index (χ0v) is 12.5. The Hall–Kier alpha value is -1.33. The van der Waals surface area contributed by atoms with Crippen LogP contribution >= 0.6 is 11.6 Å². The van der Waals surface area contributed by atoms with Crippen molar-refractivity contribution in [1.82, 2.24) is 5.32 Å². The second-order valence-electron chi connectivity index (χ2n) is 5.38. The van der Waals surface area contributed by atoms with Gasteiger partial charge in [0.05, 0.1) is 11.1 Å². The predicted molar refractivity (Wildman–Crippen MR) is 75.2 cm³/mol. The first-order chi connectivity index (χ1) is 9.23. The minimum absolute atomic E-state index is 0.00812. The fourth-order valence-corrected chi connectivity index (χ4v) is 1.75. The van der Waals surface area contributed by atoms with E-state index in [1.165, 1.54) is 12.1 Å². The quantitative estimate of drug-likeness (QED) is 0.896. The third-order valence-corrected chi connectivity index (χ3v) is 2.76. The second-order valence-corrected chi connectivity index (χ2v) is 5.79. The molecule has 0 saturated heterocycles. The van der Waals surface area contributed by atoms with Gasteiger partial charge >= 0.3 is 6.09 Å². The van der Waals surface area contributed by atoms with E-state index in [1.807, 2.05) is 0 Å². The molecule has 0 aromatic heterocycles. The molecule has 0 unspecified atom stereocenters. The highest BCUT2D eigenvalue weighted by Crippen LogP contribution is 2.22. The molecule has 4 nitrogen and oxygen atoms in total. The van der Waals surface area contributed by atoms with E-state index in [9.17, 15) is 9.18 Å². The molecule has 0 saturated carbocycles. The molecule has 0 aliphatic rings. The van der Waals surface area contributed by atoms with Crippen LogP contribution in [0.4, 0.5) is 9.18 Å². The summed E-state index contributed by atoms with van der Waals surface area (Å²) in [7, 11) is 0. The first kappa shape index (κ1) is 16.7. The summed E-state index contributed by atoms with van der Waals surface area (Å²) in [4.78, 5) is 11.7. The normalized spacial score (nSPS) is 12.9. The topological polar surface area (TPSA) is 58.6 Å². The third kappa shape index (κ3) is 5.35. The number of carbonyl (C=O) groups is 1. The SMILES string of the molecule is CC(C)(C)OC(=O)N[C@H](CCO)c1ccc(Cl)c(F)c1. The summed E-state index contributed by atoms with van der Waals surface area (Å²) in [6.07, 6.45) is -0.369. The number of aliphatic hydroxyl groups excluding tert-OH is 1. The highest BCUT2D eigenvalue weighted by atomic mass is 35.5. The van der Waals surface area contributed by atoms with E-state index < -0.39 is 23.6 Å². The number of aliphatic hydroxyl groups is 1. The number of carbonyl (C=O) groups excluding carboxylic acids is 1. The van der Waals surface area contributed by atoms with Crippen molar-refractivity contribution in [1.29, 1.82) is 0 Å². The van der Waals surface area contributed by atoms with Crippen LogP contribution in [0, 0.1) is 5.82 Å². The van der Waals surface area contributed by atoms with Gasteiger partial charge in [-0.25, -0.2) is 9.18 Å². The summed E-state index contributed by atoms with van der Waals surface area (Å²) < 4.78 is 18.6. The van der Waals surface area contributed by atoms with Gasteiger partial charge in [-0.05, 0) is 44.9 Å². The molecule has 0 heterocycles. The van der Waals surface area contributed by atoms with Gasteiger partial charge in [-0.2, -0.15) is 0 Å². The highest BCUT2D eigenvalue weighted by molar-refractivity contribution is 6.30. The molecule has 6 heteroatoms. The van der Waals surface area contributed by atoms with Gasteiger partial charge in [0, 0.05) is 6.61 Å². The molecular formula is C14H19ClFNO3. The van der Waals surface area contributed by atoms with Crippen LogP contribution in [0.15, 0.2) is 18.2 Å². The maximum absolute atomic E-state index is 13.5. The highest BCUT2D eigenvalue weighted by Gasteiger charge is 2.20. The van der Waals surface area contributed by atoms with Crippen molar-refractivity contribution >= 4 is 17.7 Å². The van der Waals surface area contributed by atoms with Crippen LogP contribution in [-0.4, -0.2) is 23.4 Å². The smallest absolute Gasteiger partial charge is 0.408 e. The van der Waals surface area contributed by atoms with Gasteiger partial charge in [-0.15, -0.1) is 0 Å². The van der Waals surface area contributed by atoms with Crippen molar-refractivity contribution in [2.24, 2.45) is 0 Å². The van der Waals surface area contributed by atoms with Gasteiger partial charge in [0.1, 0.15) is 11.4 Å². The van der Waals surface area contributed by atoms with Crippen molar-refractivity contribution in [3.05, 3.63) is 34.6 Å².